The maximum absolute atomic E-state index is 12.2. The third-order valence-electron chi connectivity index (χ3n) is 2.87. The molecule has 0 N–H and O–H groups in total. The van der Waals surface area contributed by atoms with Gasteiger partial charge in [0.1, 0.15) is 5.75 Å². The van der Waals surface area contributed by atoms with Crippen LogP contribution in [0.2, 0.25) is 0 Å². The third kappa shape index (κ3) is 3.61. The lowest BCUT2D eigenvalue weighted by atomic mass is 10.2. The fourth-order valence-corrected chi connectivity index (χ4v) is 2.62. The minimum Gasteiger partial charge on any atom is -0.497 e. The molecule has 110 valence electrons. The quantitative estimate of drug-likeness (QED) is 0.629. The molecule has 0 aliphatic heterocycles. The van der Waals surface area contributed by atoms with Crippen molar-refractivity contribution in [2.75, 3.05) is 14.2 Å². The molecule has 2 rings (SSSR count). The van der Waals surface area contributed by atoms with Crippen molar-refractivity contribution in [1.82, 2.24) is 4.41 Å². The van der Waals surface area contributed by atoms with Crippen molar-refractivity contribution in [2.24, 2.45) is 5.10 Å². The van der Waals surface area contributed by atoms with Crippen LogP contribution >= 0.6 is 0 Å². The molecule has 2 aromatic rings. The Hall–Kier alpha value is -2.34. The van der Waals surface area contributed by atoms with E-state index in [0.717, 1.165) is 15.7 Å². The molecule has 5 nitrogen and oxygen atoms in total. The van der Waals surface area contributed by atoms with E-state index in [9.17, 15) is 8.42 Å². The van der Waals surface area contributed by atoms with Crippen molar-refractivity contribution in [3.8, 4) is 5.75 Å². The standard InChI is InChI=1S/C15H16N2O3S/c1-17(21(18,19)15-6-4-3-5-7-15)16-12-13-8-10-14(20-2)11-9-13/h3-12H,1-2H3. The van der Waals surface area contributed by atoms with Gasteiger partial charge in [0.2, 0.25) is 0 Å². The maximum Gasteiger partial charge on any atom is 0.278 e. The van der Waals surface area contributed by atoms with E-state index in [0.29, 0.717) is 0 Å². The molecule has 0 aliphatic rings. The van der Waals surface area contributed by atoms with E-state index < -0.39 is 10.0 Å². The number of sulfonamides is 1. The average Bonchev–Trinajstić information content (AvgIpc) is 2.53. The molecule has 0 saturated heterocycles. The molecule has 0 heterocycles. The number of ether oxygens (including phenoxy) is 1. The van der Waals surface area contributed by atoms with Crippen LogP contribution in [0, 0.1) is 0 Å². The number of methoxy groups -OCH3 is 1. The van der Waals surface area contributed by atoms with Crippen molar-refractivity contribution < 1.29 is 13.2 Å². The van der Waals surface area contributed by atoms with Gasteiger partial charge in [0.15, 0.2) is 0 Å². The summed E-state index contributed by atoms with van der Waals surface area (Å²) < 4.78 is 30.5. The van der Waals surface area contributed by atoms with Crippen LogP contribution in [-0.2, 0) is 10.0 Å². The molecular formula is C15H16N2O3S. The van der Waals surface area contributed by atoms with Crippen molar-refractivity contribution in [3.05, 3.63) is 60.2 Å². The molecule has 0 spiro atoms. The van der Waals surface area contributed by atoms with Gasteiger partial charge >= 0.3 is 0 Å². The zero-order chi connectivity index (χ0) is 15.3. The first-order valence-electron chi connectivity index (χ1n) is 6.26. The number of hydrazone groups is 1. The van der Waals surface area contributed by atoms with E-state index in [1.807, 2.05) is 0 Å². The number of benzene rings is 2. The second-order valence-electron chi connectivity index (χ2n) is 4.27. The van der Waals surface area contributed by atoms with Crippen LogP contribution in [0.25, 0.3) is 0 Å². The summed E-state index contributed by atoms with van der Waals surface area (Å²) in [6, 6.07) is 15.3. The van der Waals surface area contributed by atoms with Crippen molar-refractivity contribution in [2.45, 2.75) is 4.90 Å². The summed E-state index contributed by atoms with van der Waals surface area (Å²) in [7, 11) is -0.620. The first-order valence-corrected chi connectivity index (χ1v) is 7.70. The maximum atomic E-state index is 12.2. The predicted molar refractivity (Wildman–Crippen MR) is 82.0 cm³/mol. The molecule has 0 bridgehead atoms. The van der Waals surface area contributed by atoms with Gasteiger partial charge in [-0.25, -0.2) is 0 Å². The molecule has 0 unspecified atom stereocenters. The Kier molecular flexibility index (Phi) is 4.59. The number of rotatable bonds is 5. The van der Waals surface area contributed by atoms with Crippen molar-refractivity contribution in [3.63, 3.8) is 0 Å². The third-order valence-corrected chi connectivity index (χ3v) is 4.53. The van der Waals surface area contributed by atoms with E-state index in [1.165, 1.54) is 25.4 Å². The topological polar surface area (TPSA) is 59.0 Å². The molecule has 0 fully saturated rings. The number of hydrogen-bond donors (Lipinski definition) is 0. The van der Waals surface area contributed by atoms with E-state index in [2.05, 4.69) is 5.10 Å². The fourth-order valence-electron chi connectivity index (χ4n) is 1.65. The van der Waals surface area contributed by atoms with Crippen LogP contribution in [0.5, 0.6) is 5.75 Å². The van der Waals surface area contributed by atoms with Crippen LogP contribution in [0.3, 0.4) is 0 Å². The van der Waals surface area contributed by atoms with Gasteiger partial charge in [0, 0.05) is 7.05 Å². The highest BCUT2D eigenvalue weighted by molar-refractivity contribution is 7.89. The summed E-state index contributed by atoms with van der Waals surface area (Å²) in [5, 5.41) is 3.98. The van der Waals surface area contributed by atoms with Crippen LogP contribution in [0.15, 0.2) is 64.6 Å². The fraction of sp³-hybridized carbons (Fsp3) is 0.133. The first kappa shape index (κ1) is 15.1. The van der Waals surface area contributed by atoms with Gasteiger partial charge in [-0.05, 0) is 42.0 Å². The largest absolute Gasteiger partial charge is 0.497 e. The van der Waals surface area contributed by atoms with E-state index >= 15 is 0 Å². The zero-order valence-corrected chi connectivity index (χ0v) is 12.6. The summed E-state index contributed by atoms with van der Waals surface area (Å²) in [6.45, 7) is 0. The van der Waals surface area contributed by atoms with Crippen LogP contribution < -0.4 is 4.74 Å². The van der Waals surface area contributed by atoms with Gasteiger partial charge < -0.3 is 4.74 Å². The molecule has 0 atom stereocenters. The summed E-state index contributed by atoms with van der Waals surface area (Å²) in [5.41, 5.74) is 0.783. The minimum atomic E-state index is -3.61. The normalized spacial score (nSPS) is 11.5. The molecule has 0 amide bonds. The zero-order valence-electron chi connectivity index (χ0n) is 11.8. The Morgan fingerprint density at radius 1 is 1.05 bits per heavy atom. The Labute approximate surface area is 124 Å². The predicted octanol–water partition coefficient (Wildman–Crippen LogP) is 2.35. The summed E-state index contributed by atoms with van der Waals surface area (Å²) in [4.78, 5) is 0.208. The van der Waals surface area contributed by atoms with Crippen LogP contribution in [0.4, 0.5) is 0 Å². The molecule has 0 aromatic heterocycles. The van der Waals surface area contributed by atoms with Crippen LogP contribution in [0.1, 0.15) is 5.56 Å². The van der Waals surface area contributed by atoms with Crippen LogP contribution in [-0.4, -0.2) is 33.2 Å². The molecular weight excluding hydrogens is 288 g/mol. The second-order valence-corrected chi connectivity index (χ2v) is 6.22. The Balaban J connectivity index is 2.16. The highest BCUT2D eigenvalue weighted by Gasteiger charge is 2.18. The summed E-state index contributed by atoms with van der Waals surface area (Å²) in [5.74, 6) is 0.734. The lowest BCUT2D eigenvalue weighted by Crippen LogP contribution is -2.21. The smallest absolute Gasteiger partial charge is 0.278 e. The van der Waals surface area contributed by atoms with E-state index in [-0.39, 0.29) is 4.90 Å². The Morgan fingerprint density at radius 3 is 2.24 bits per heavy atom. The Morgan fingerprint density at radius 2 is 1.67 bits per heavy atom. The summed E-state index contributed by atoms with van der Waals surface area (Å²) >= 11 is 0. The summed E-state index contributed by atoms with van der Waals surface area (Å²) in [6.07, 6.45) is 1.49. The lowest BCUT2D eigenvalue weighted by molar-refractivity contribution is 0.415. The first-order chi connectivity index (χ1) is 10.0. The van der Waals surface area contributed by atoms with Gasteiger partial charge in [0.05, 0.1) is 18.2 Å². The minimum absolute atomic E-state index is 0.208. The monoisotopic (exact) mass is 304 g/mol. The van der Waals surface area contributed by atoms with Gasteiger partial charge in [-0.1, -0.05) is 18.2 Å². The molecule has 0 saturated carbocycles. The Bertz CT molecular complexity index is 710. The molecule has 21 heavy (non-hydrogen) atoms. The van der Waals surface area contributed by atoms with Gasteiger partial charge in [0.25, 0.3) is 10.0 Å². The molecule has 2 aromatic carbocycles. The molecule has 0 aliphatic carbocycles. The van der Waals surface area contributed by atoms with Gasteiger partial charge in [-0.3, -0.25) is 0 Å². The highest BCUT2D eigenvalue weighted by atomic mass is 32.2. The average molecular weight is 304 g/mol. The van der Waals surface area contributed by atoms with E-state index in [1.54, 1.807) is 49.6 Å². The molecule has 0 radical (unpaired) electrons. The number of nitrogens with zero attached hydrogens (tertiary/aromatic N) is 2. The highest BCUT2D eigenvalue weighted by Crippen LogP contribution is 2.14. The SMILES string of the molecule is COc1ccc(C=NN(C)S(=O)(=O)c2ccccc2)cc1. The second kappa shape index (κ2) is 6.41. The molecule has 6 heteroatoms. The number of hydrogen-bond acceptors (Lipinski definition) is 4. The van der Waals surface area contributed by atoms with Gasteiger partial charge in [-0.2, -0.15) is 17.9 Å². The van der Waals surface area contributed by atoms with E-state index in [4.69, 9.17) is 4.74 Å². The van der Waals surface area contributed by atoms with Crippen molar-refractivity contribution in [1.29, 1.82) is 0 Å². The van der Waals surface area contributed by atoms with Crippen molar-refractivity contribution >= 4 is 16.2 Å². The van der Waals surface area contributed by atoms with Gasteiger partial charge in [-0.15, -0.1) is 0 Å². The lowest BCUT2D eigenvalue weighted by Gasteiger charge is -2.13.